The molecule has 4 nitrogen and oxygen atoms in total. The quantitative estimate of drug-likeness (QED) is 0.321. The fraction of sp³-hybridized carbons (Fsp3) is 0.222. The summed E-state index contributed by atoms with van der Waals surface area (Å²) in [4.78, 5) is 0. The lowest BCUT2D eigenvalue weighted by Gasteiger charge is -2.07. The van der Waals surface area contributed by atoms with E-state index in [1.165, 1.54) is 18.2 Å². The van der Waals surface area contributed by atoms with E-state index in [9.17, 15) is 4.39 Å². The maximum Gasteiger partial charge on any atom is 0.140 e. The summed E-state index contributed by atoms with van der Waals surface area (Å²) in [7, 11) is 0. The van der Waals surface area contributed by atoms with E-state index in [1.54, 1.807) is 0 Å². The third-order valence-electron chi connectivity index (χ3n) is 1.75. The minimum absolute atomic E-state index is 0.107. The predicted molar refractivity (Wildman–Crippen MR) is 57.9 cm³/mol. The number of hydrogen-bond acceptors (Lipinski definition) is 3. The first-order valence-electron chi connectivity index (χ1n) is 4.29. The van der Waals surface area contributed by atoms with Crippen LogP contribution in [0.3, 0.4) is 0 Å². The van der Waals surface area contributed by atoms with Crippen molar-refractivity contribution < 1.29 is 9.60 Å². The van der Waals surface area contributed by atoms with Crippen LogP contribution >= 0.6 is 11.6 Å². The molecule has 6 heteroatoms. The number of benzene rings is 1. The molecule has 1 aromatic carbocycles. The number of rotatable bonds is 4. The Kier molecular flexibility index (Phi) is 4.17. The normalized spacial score (nSPS) is 11.5. The van der Waals surface area contributed by atoms with E-state index in [0.29, 0.717) is 23.7 Å². The van der Waals surface area contributed by atoms with Gasteiger partial charge in [-0.3, -0.25) is 0 Å². The summed E-state index contributed by atoms with van der Waals surface area (Å²) in [5, 5.41) is 14.4. The number of oxime groups is 1. The highest BCUT2D eigenvalue weighted by Gasteiger charge is 2.01. The largest absolute Gasteiger partial charge is 0.409 e. The van der Waals surface area contributed by atoms with Gasteiger partial charge in [-0.2, -0.15) is 0 Å². The van der Waals surface area contributed by atoms with E-state index >= 15 is 0 Å². The van der Waals surface area contributed by atoms with Gasteiger partial charge in [0, 0.05) is 13.0 Å². The zero-order valence-corrected chi connectivity index (χ0v) is 8.63. The van der Waals surface area contributed by atoms with Crippen molar-refractivity contribution in [3.63, 3.8) is 0 Å². The first-order chi connectivity index (χ1) is 7.13. The summed E-state index contributed by atoms with van der Waals surface area (Å²) in [6.07, 6.45) is 0.351. The molecular formula is C9H11ClFN3O. The summed E-state index contributed by atoms with van der Waals surface area (Å²) in [6, 6.07) is 4.02. The fourth-order valence-electron chi connectivity index (χ4n) is 1.01. The van der Waals surface area contributed by atoms with Crippen LogP contribution in [-0.2, 0) is 0 Å². The lowest BCUT2D eigenvalue weighted by molar-refractivity contribution is 0.317. The summed E-state index contributed by atoms with van der Waals surface area (Å²) in [5.41, 5.74) is 5.75. The lowest BCUT2D eigenvalue weighted by atomic mass is 10.3. The van der Waals surface area contributed by atoms with Gasteiger partial charge < -0.3 is 16.3 Å². The average Bonchev–Trinajstić information content (AvgIpc) is 2.23. The molecule has 0 amide bonds. The molecule has 0 aliphatic rings. The Labute approximate surface area is 91.5 Å². The Morgan fingerprint density at radius 2 is 2.33 bits per heavy atom. The molecule has 0 fully saturated rings. The van der Waals surface area contributed by atoms with E-state index in [-0.39, 0.29) is 11.7 Å². The molecule has 0 aromatic heterocycles. The number of anilines is 1. The molecule has 0 aliphatic carbocycles. The molecule has 15 heavy (non-hydrogen) atoms. The Hall–Kier alpha value is -1.49. The van der Waals surface area contributed by atoms with E-state index in [2.05, 4.69) is 10.5 Å². The number of nitrogens with one attached hydrogen (secondary N) is 1. The van der Waals surface area contributed by atoms with Crippen molar-refractivity contribution in [1.29, 1.82) is 0 Å². The Balaban J connectivity index is 2.54. The van der Waals surface area contributed by atoms with Gasteiger partial charge in [0.1, 0.15) is 11.7 Å². The standard InChI is InChI=1S/C9H11ClFN3O/c10-7-2-1-6(11)5-8(7)13-4-3-9(12)14-15/h1-2,5,13,15H,3-4H2,(H2,12,14). The zero-order valence-electron chi connectivity index (χ0n) is 7.87. The highest BCUT2D eigenvalue weighted by molar-refractivity contribution is 6.33. The minimum atomic E-state index is -0.370. The van der Waals surface area contributed by atoms with Crippen LogP contribution in [0.5, 0.6) is 0 Å². The molecule has 0 spiro atoms. The minimum Gasteiger partial charge on any atom is -0.409 e. The van der Waals surface area contributed by atoms with E-state index in [4.69, 9.17) is 22.5 Å². The second kappa shape index (κ2) is 5.41. The third-order valence-corrected chi connectivity index (χ3v) is 2.08. The molecule has 0 atom stereocenters. The van der Waals surface area contributed by atoms with Crippen molar-refractivity contribution >= 4 is 23.1 Å². The summed E-state index contributed by atoms with van der Waals surface area (Å²) >= 11 is 5.81. The SMILES string of the molecule is N/C(CCNc1cc(F)ccc1Cl)=N/O. The van der Waals surface area contributed by atoms with Crippen LogP contribution in [0, 0.1) is 5.82 Å². The monoisotopic (exact) mass is 231 g/mol. The van der Waals surface area contributed by atoms with Crippen LogP contribution in [0.25, 0.3) is 0 Å². The first-order valence-corrected chi connectivity index (χ1v) is 4.66. The van der Waals surface area contributed by atoms with Gasteiger partial charge in [-0.25, -0.2) is 4.39 Å². The van der Waals surface area contributed by atoms with Crippen molar-refractivity contribution in [2.75, 3.05) is 11.9 Å². The van der Waals surface area contributed by atoms with Gasteiger partial charge in [0.25, 0.3) is 0 Å². The molecule has 82 valence electrons. The molecule has 0 bridgehead atoms. The van der Waals surface area contributed by atoms with Crippen molar-refractivity contribution in [3.05, 3.63) is 29.0 Å². The molecule has 0 radical (unpaired) electrons. The average molecular weight is 232 g/mol. The van der Waals surface area contributed by atoms with E-state index in [1.807, 2.05) is 0 Å². The topological polar surface area (TPSA) is 70.6 Å². The summed E-state index contributed by atoms with van der Waals surface area (Å²) in [5.74, 6) is -0.263. The molecule has 0 saturated carbocycles. The molecule has 0 heterocycles. The third kappa shape index (κ3) is 3.63. The zero-order chi connectivity index (χ0) is 11.3. The molecular weight excluding hydrogens is 221 g/mol. The van der Waals surface area contributed by atoms with Crippen LogP contribution in [0.1, 0.15) is 6.42 Å². The van der Waals surface area contributed by atoms with Crippen LogP contribution in [-0.4, -0.2) is 17.6 Å². The van der Waals surface area contributed by atoms with Crippen molar-refractivity contribution in [3.8, 4) is 0 Å². The lowest BCUT2D eigenvalue weighted by Crippen LogP contribution is -2.16. The maximum absolute atomic E-state index is 12.8. The van der Waals surface area contributed by atoms with E-state index in [0.717, 1.165) is 0 Å². The van der Waals surface area contributed by atoms with Gasteiger partial charge in [-0.15, -0.1) is 0 Å². The molecule has 0 saturated heterocycles. The van der Waals surface area contributed by atoms with Crippen LogP contribution in [0.15, 0.2) is 23.4 Å². The number of amidine groups is 1. The van der Waals surface area contributed by atoms with E-state index < -0.39 is 0 Å². The van der Waals surface area contributed by atoms with Gasteiger partial charge in [0.2, 0.25) is 0 Å². The van der Waals surface area contributed by atoms with Crippen LogP contribution in [0.2, 0.25) is 5.02 Å². The molecule has 0 aliphatic heterocycles. The van der Waals surface area contributed by atoms with Crippen LogP contribution in [0.4, 0.5) is 10.1 Å². The Morgan fingerprint density at radius 3 is 3.00 bits per heavy atom. The predicted octanol–water partition coefficient (Wildman–Crippen LogP) is 2.03. The molecule has 4 N–H and O–H groups in total. The first kappa shape index (κ1) is 11.6. The van der Waals surface area contributed by atoms with Crippen molar-refractivity contribution in [2.45, 2.75) is 6.42 Å². The van der Waals surface area contributed by atoms with Gasteiger partial charge >= 0.3 is 0 Å². The van der Waals surface area contributed by atoms with Crippen molar-refractivity contribution in [1.82, 2.24) is 0 Å². The van der Waals surface area contributed by atoms with Gasteiger partial charge in [0.15, 0.2) is 0 Å². The number of nitrogens with zero attached hydrogens (tertiary/aromatic N) is 1. The number of hydrogen-bond donors (Lipinski definition) is 3. The van der Waals surface area contributed by atoms with Gasteiger partial charge in [0.05, 0.1) is 10.7 Å². The summed E-state index contributed by atoms with van der Waals surface area (Å²) < 4.78 is 12.8. The summed E-state index contributed by atoms with van der Waals surface area (Å²) in [6.45, 7) is 0.416. The fourth-order valence-corrected chi connectivity index (χ4v) is 1.19. The molecule has 1 aromatic rings. The van der Waals surface area contributed by atoms with Crippen LogP contribution < -0.4 is 11.1 Å². The number of nitrogens with two attached hydrogens (primary N) is 1. The molecule has 1 rings (SSSR count). The Bertz CT molecular complexity index is 370. The smallest absolute Gasteiger partial charge is 0.140 e. The second-order valence-electron chi connectivity index (χ2n) is 2.89. The molecule has 0 unspecified atom stereocenters. The van der Waals surface area contributed by atoms with Crippen molar-refractivity contribution in [2.24, 2.45) is 10.9 Å². The second-order valence-corrected chi connectivity index (χ2v) is 3.30. The van der Waals surface area contributed by atoms with Gasteiger partial charge in [-0.05, 0) is 18.2 Å². The van der Waals surface area contributed by atoms with Gasteiger partial charge in [-0.1, -0.05) is 16.8 Å². The highest BCUT2D eigenvalue weighted by atomic mass is 35.5. The maximum atomic E-state index is 12.8. The Morgan fingerprint density at radius 1 is 1.60 bits per heavy atom. The highest BCUT2D eigenvalue weighted by Crippen LogP contribution is 2.22. The number of halogens is 2.